The number of rotatable bonds is 4. The molecule has 1 aliphatic heterocycles. The van der Waals surface area contributed by atoms with Gasteiger partial charge in [-0.1, -0.05) is 30.3 Å². The van der Waals surface area contributed by atoms with Crippen molar-refractivity contribution in [2.45, 2.75) is 11.9 Å². The monoisotopic (exact) mass is 212 g/mol. The van der Waals surface area contributed by atoms with Gasteiger partial charge in [0, 0.05) is 0 Å². The fourth-order valence-electron chi connectivity index (χ4n) is 1.33. The van der Waals surface area contributed by atoms with Crippen LogP contribution in [0.2, 0.25) is 0 Å². The molecule has 0 amide bonds. The largest absolute Gasteiger partial charge is 0.372 e. The highest BCUT2D eigenvalue weighted by molar-refractivity contribution is 7.90. The highest BCUT2D eigenvalue weighted by Crippen LogP contribution is 2.15. The van der Waals surface area contributed by atoms with E-state index in [9.17, 15) is 8.42 Å². The molecule has 1 heterocycles. The Balaban J connectivity index is 2.02. The van der Waals surface area contributed by atoms with Crippen molar-refractivity contribution in [3.05, 3.63) is 35.9 Å². The summed E-state index contributed by atoms with van der Waals surface area (Å²) in [4.78, 5) is 0. The van der Waals surface area contributed by atoms with Gasteiger partial charge in [0.25, 0.3) is 0 Å². The Hall–Kier alpha value is -0.870. The maximum atomic E-state index is 11.6. The third kappa shape index (κ3) is 2.82. The van der Waals surface area contributed by atoms with Gasteiger partial charge in [0.2, 0.25) is 0 Å². The predicted octanol–water partition coefficient (Wildman–Crippen LogP) is 1.00. The van der Waals surface area contributed by atoms with E-state index in [1.807, 2.05) is 30.3 Å². The van der Waals surface area contributed by atoms with E-state index in [1.54, 1.807) is 0 Å². The fraction of sp³-hybridized carbons (Fsp3) is 0.400. The Kier molecular flexibility index (Phi) is 2.56. The summed E-state index contributed by atoms with van der Waals surface area (Å²) in [6, 6.07) is 9.22. The Bertz CT molecular complexity index is 393. The quantitative estimate of drug-likeness (QED) is 0.699. The van der Waals surface area contributed by atoms with Crippen molar-refractivity contribution in [1.82, 2.24) is 0 Å². The van der Waals surface area contributed by atoms with Crippen LogP contribution in [-0.2, 0) is 20.3 Å². The minimum absolute atomic E-state index is 0.0521. The van der Waals surface area contributed by atoms with Gasteiger partial charge in [-0.05, 0) is 5.56 Å². The molecule has 1 fully saturated rings. The summed E-state index contributed by atoms with van der Waals surface area (Å²) in [5, 5.41) is 0. The van der Waals surface area contributed by atoms with Gasteiger partial charge in [-0.15, -0.1) is 0 Å². The smallest absolute Gasteiger partial charge is 0.157 e. The van der Waals surface area contributed by atoms with Crippen LogP contribution in [0.25, 0.3) is 0 Å². The molecule has 1 aromatic carbocycles. The van der Waals surface area contributed by atoms with Gasteiger partial charge in [0.05, 0.1) is 24.2 Å². The van der Waals surface area contributed by atoms with Crippen LogP contribution < -0.4 is 0 Å². The lowest BCUT2D eigenvalue weighted by molar-refractivity contribution is 0.422. The van der Waals surface area contributed by atoms with Gasteiger partial charge < -0.3 is 4.74 Å². The maximum absolute atomic E-state index is 11.6. The van der Waals surface area contributed by atoms with Crippen LogP contribution in [0.3, 0.4) is 0 Å². The first-order chi connectivity index (χ1) is 6.66. The zero-order valence-corrected chi connectivity index (χ0v) is 8.53. The lowest BCUT2D eigenvalue weighted by Crippen LogP contribution is -2.13. The second-order valence-electron chi connectivity index (χ2n) is 3.50. The maximum Gasteiger partial charge on any atom is 0.157 e. The molecule has 0 unspecified atom stereocenters. The molecule has 0 radical (unpaired) electrons. The summed E-state index contributed by atoms with van der Waals surface area (Å²) < 4.78 is 28.0. The zero-order valence-electron chi connectivity index (χ0n) is 7.72. The standard InChI is InChI=1S/C10H12O3S/c11-14(12,8-10-6-13-10)7-9-4-2-1-3-5-9/h1-5,10H,6-8H2/t10-/m1/s1. The van der Waals surface area contributed by atoms with Gasteiger partial charge in [-0.3, -0.25) is 0 Å². The predicted molar refractivity (Wildman–Crippen MR) is 53.7 cm³/mol. The number of benzene rings is 1. The lowest BCUT2D eigenvalue weighted by Gasteiger charge is -2.01. The second-order valence-corrected chi connectivity index (χ2v) is 5.60. The van der Waals surface area contributed by atoms with Crippen LogP contribution in [-0.4, -0.2) is 26.9 Å². The third-order valence-corrected chi connectivity index (χ3v) is 3.72. The van der Waals surface area contributed by atoms with Crippen LogP contribution in [0, 0.1) is 0 Å². The summed E-state index contributed by atoms with van der Waals surface area (Å²) in [6.07, 6.45) is -0.0521. The molecule has 0 aromatic heterocycles. The lowest BCUT2D eigenvalue weighted by atomic mass is 10.2. The van der Waals surface area contributed by atoms with E-state index in [0.717, 1.165) is 5.56 Å². The molecule has 1 atom stereocenters. The summed E-state index contributed by atoms with van der Waals surface area (Å²) >= 11 is 0. The Morgan fingerprint density at radius 1 is 1.29 bits per heavy atom. The Morgan fingerprint density at radius 2 is 1.93 bits per heavy atom. The Labute approximate surface area is 83.6 Å². The van der Waals surface area contributed by atoms with E-state index in [2.05, 4.69) is 0 Å². The first-order valence-electron chi connectivity index (χ1n) is 4.52. The number of sulfone groups is 1. The van der Waals surface area contributed by atoms with Crippen molar-refractivity contribution in [2.24, 2.45) is 0 Å². The molecule has 0 aliphatic carbocycles. The Morgan fingerprint density at radius 3 is 2.50 bits per heavy atom. The first-order valence-corrected chi connectivity index (χ1v) is 6.34. The first kappa shape index (κ1) is 9.68. The van der Waals surface area contributed by atoms with Crippen molar-refractivity contribution in [3.8, 4) is 0 Å². The fourth-order valence-corrected chi connectivity index (χ4v) is 2.91. The van der Waals surface area contributed by atoms with E-state index >= 15 is 0 Å². The number of hydrogen-bond donors (Lipinski definition) is 0. The molecule has 0 bridgehead atoms. The van der Waals surface area contributed by atoms with Gasteiger partial charge in [0.1, 0.15) is 0 Å². The van der Waals surface area contributed by atoms with Crippen molar-refractivity contribution in [1.29, 1.82) is 0 Å². The number of hydrogen-bond acceptors (Lipinski definition) is 3. The van der Waals surface area contributed by atoms with Crippen molar-refractivity contribution >= 4 is 9.84 Å². The summed E-state index contributed by atoms with van der Waals surface area (Å²) in [5.41, 5.74) is 0.841. The van der Waals surface area contributed by atoms with Gasteiger partial charge >= 0.3 is 0 Å². The minimum atomic E-state index is -3.00. The summed E-state index contributed by atoms with van der Waals surface area (Å²) in [6.45, 7) is 0.591. The highest BCUT2D eigenvalue weighted by atomic mass is 32.2. The topological polar surface area (TPSA) is 46.7 Å². The van der Waals surface area contributed by atoms with Crippen molar-refractivity contribution in [2.75, 3.05) is 12.4 Å². The van der Waals surface area contributed by atoms with Crippen LogP contribution >= 0.6 is 0 Å². The van der Waals surface area contributed by atoms with E-state index in [1.165, 1.54) is 0 Å². The molecular formula is C10H12O3S. The normalized spacial score (nSPS) is 20.7. The molecule has 76 valence electrons. The summed E-state index contributed by atoms with van der Waals surface area (Å²) in [7, 11) is -3.00. The molecule has 1 aliphatic rings. The molecule has 0 N–H and O–H groups in total. The minimum Gasteiger partial charge on any atom is -0.372 e. The molecule has 4 heteroatoms. The van der Waals surface area contributed by atoms with E-state index in [0.29, 0.717) is 6.61 Å². The molecule has 14 heavy (non-hydrogen) atoms. The van der Waals surface area contributed by atoms with Gasteiger partial charge in [0.15, 0.2) is 9.84 Å². The molecule has 2 rings (SSSR count). The SMILES string of the molecule is O=S(=O)(Cc1ccccc1)C[C@H]1CO1. The van der Waals surface area contributed by atoms with E-state index in [-0.39, 0.29) is 17.6 Å². The molecule has 0 spiro atoms. The van der Waals surface area contributed by atoms with Crippen LogP contribution in [0.1, 0.15) is 5.56 Å². The summed E-state index contributed by atoms with van der Waals surface area (Å²) in [5.74, 6) is 0.273. The molecule has 1 aromatic rings. The van der Waals surface area contributed by atoms with Crippen molar-refractivity contribution in [3.63, 3.8) is 0 Å². The van der Waals surface area contributed by atoms with Crippen molar-refractivity contribution < 1.29 is 13.2 Å². The van der Waals surface area contributed by atoms with Crippen LogP contribution in [0.5, 0.6) is 0 Å². The van der Waals surface area contributed by atoms with E-state index < -0.39 is 9.84 Å². The van der Waals surface area contributed by atoms with E-state index in [4.69, 9.17) is 4.74 Å². The van der Waals surface area contributed by atoms with Gasteiger partial charge in [-0.2, -0.15) is 0 Å². The van der Waals surface area contributed by atoms with Gasteiger partial charge in [-0.25, -0.2) is 8.42 Å². The average Bonchev–Trinajstić information content (AvgIpc) is 2.88. The van der Waals surface area contributed by atoms with Crippen LogP contribution in [0.15, 0.2) is 30.3 Å². The average molecular weight is 212 g/mol. The second kappa shape index (κ2) is 3.71. The van der Waals surface area contributed by atoms with Crippen LogP contribution in [0.4, 0.5) is 0 Å². The molecule has 1 saturated heterocycles. The number of epoxide rings is 1. The molecule has 0 saturated carbocycles. The molecule has 3 nitrogen and oxygen atoms in total. The zero-order chi connectivity index (χ0) is 10.0. The third-order valence-electron chi connectivity index (χ3n) is 2.07. The highest BCUT2D eigenvalue weighted by Gasteiger charge is 2.29. The molecular weight excluding hydrogens is 200 g/mol. The number of ether oxygens (including phenoxy) is 1.